The summed E-state index contributed by atoms with van der Waals surface area (Å²) in [7, 11) is 0. The van der Waals surface area contributed by atoms with E-state index in [2.05, 4.69) is 4.98 Å². The van der Waals surface area contributed by atoms with Gasteiger partial charge in [-0.2, -0.15) is 0 Å². The van der Waals surface area contributed by atoms with Crippen LogP contribution in [0.1, 0.15) is 0 Å². The predicted octanol–water partition coefficient (Wildman–Crippen LogP) is 2.39. The third kappa shape index (κ3) is 2.57. The Bertz CT molecular complexity index is 208. The van der Waals surface area contributed by atoms with Crippen molar-refractivity contribution in [2.45, 2.75) is 0 Å². The molecular formula is C5H3Cl3NNa. The monoisotopic (exact) mass is 205 g/mol. The minimum atomic E-state index is 0. The van der Waals surface area contributed by atoms with Gasteiger partial charge in [-0.25, -0.2) is 4.98 Å². The van der Waals surface area contributed by atoms with Gasteiger partial charge in [-0.15, -0.1) is 0 Å². The molecule has 0 aliphatic heterocycles. The molecule has 0 N–H and O–H groups in total. The van der Waals surface area contributed by atoms with E-state index in [9.17, 15) is 0 Å². The first-order valence-corrected chi connectivity index (χ1v) is 3.30. The van der Waals surface area contributed by atoms with Gasteiger partial charge in [0.25, 0.3) is 0 Å². The molecule has 0 amide bonds. The number of hydrogen-bond acceptors (Lipinski definition) is 1. The van der Waals surface area contributed by atoms with E-state index in [4.69, 9.17) is 34.8 Å². The zero-order chi connectivity index (χ0) is 6.85. The Morgan fingerprint density at radius 3 is 2.20 bits per heavy atom. The van der Waals surface area contributed by atoms with E-state index in [1.165, 1.54) is 6.20 Å². The number of nitrogens with zero attached hydrogens (tertiary/aromatic N) is 1. The number of pyridine rings is 1. The van der Waals surface area contributed by atoms with Crippen LogP contribution in [-0.4, -0.2) is 34.5 Å². The molecule has 0 spiro atoms. The van der Waals surface area contributed by atoms with Gasteiger partial charge in [-0.05, 0) is 6.07 Å². The summed E-state index contributed by atoms with van der Waals surface area (Å²) in [5.74, 6) is 0. The Morgan fingerprint density at radius 2 is 1.80 bits per heavy atom. The van der Waals surface area contributed by atoms with Crippen LogP contribution in [0, 0.1) is 0 Å². The van der Waals surface area contributed by atoms with Crippen LogP contribution in [0.5, 0.6) is 0 Å². The van der Waals surface area contributed by atoms with Gasteiger partial charge in [0, 0.05) is 6.20 Å². The summed E-state index contributed by atoms with van der Waals surface area (Å²) >= 11 is 16.6. The summed E-state index contributed by atoms with van der Waals surface area (Å²) < 4.78 is 0. The van der Waals surface area contributed by atoms with Gasteiger partial charge in [0.2, 0.25) is 0 Å². The van der Waals surface area contributed by atoms with E-state index in [0.29, 0.717) is 10.0 Å². The molecule has 0 bridgehead atoms. The fourth-order valence-corrected chi connectivity index (χ4v) is 0.861. The molecule has 0 atom stereocenters. The Morgan fingerprint density at radius 1 is 1.20 bits per heavy atom. The molecule has 0 unspecified atom stereocenters. The first-order valence-electron chi connectivity index (χ1n) is 2.17. The molecule has 1 aromatic heterocycles. The fraction of sp³-hybridized carbons (Fsp3) is 0. The van der Waals surface area contributed by atoms with Crippen LogP contribution in [0.2, 0.25) is 15.2 Å². The Hall–Kier alpha value is 1.02. The van der Waals surface area contributed by atoms with Gasteiger partial charge in [0.15, 0.2) is 0 Å². The molecule has 5 heteroatoms. The molecule has 0 radical (unpaired) electrons. The first kappa shape index (κ1) is 11.0. The van der Waals surface area contributed by atoms with Gasteiger partial charge in [-0.1, -0.05) is 34.8 Å². The summed E-state index contributed by atoms with van der Waals surface area (Å²) in [6.45, 7) is 0. The van der Waals surface area contributed by atoms with Crippen molar-refractivity contribution < 1.29 is 0 Å². The van der Waals surface area contributed by atoms with Gasteiger partial charge < -0.3 is 0 Å². The number of aromatic nitrogens is 1. The molecular weight excluding hydrogens is 203 g/mol. The second kappa shape index (κ2) is 4.81. The maximum absolute atomic E-state index is 5.56. The number of hydrogen-bond donors (Lipinski definition) is 0. The molecule has 1 heterocycles. The van der Waals surface area contributed by atoms with Crippen molar-refractivity contribution in [3.63, 3.8) is 0 Å². The molecule has 0 fully saturated rings. The molecule has 1 nitrogen and oxygen atoms in total. The summed E-state index contributed by atoms with van der Waals surface area (Å²) in [4.78, 5) is 3.69. The van der Waals surface area contributed by atoms with Crippen LogP contribution in [-0.2, 0) is 0 Å². The van der Waals surface area contributed by atoms with E-state index >= 15 is 0 Å². The third-order valence-corrected chi connectivity index (χ3v) is 1.98. The van der Waals surface area contributed by atoms with Crippen molar-refractivity contribution in [3.8, 4) is 0 Å². The summed E-state index contributed by atoms with van der Waals surface area (Å²) in [5, 5.41) is 0.974. The average molecular weight is 206 g/mol. The summed E-state index contributed by atoms with van der Waals surface area (Å²) in [5.41, 5.74) is 0. The average Bonchev–Trinajstić information content (AvgIpc) is 1.83. The van der Waals surface area contributed by atoms with Crippen LogP contribution in [0.3, 0.4) is 0 Å². The predicted molar refractivity (Wildman–Crippen MR) is 46.4 cm³/mol. The van der Waals surface area contributed by atoms with Crippen molar-refractivity contribution >= 4 is 64.4 Å². The fourth-order valence-electron chi connectivity index (χ4n) is 0.397. The van der Waals surface area contributed by atoms with Crippen molar-refractivity contribution in [3.05, 3.63) is 27.5 Å². The molecule has 0 saturated heterocycles. The minimum absolute atomic E-state index is 0. The Balaban J connectivity index is 0.000000810. The van der Waals surface area contributed by atoms with Crippen molar-refractivity contribution in [2.24, 2.45) is 0 Å². The molecule has 10 heavy (non-hydrogen) atoms. The standard InChI is InChI=1S/C5H2Cl3N.Na.H/c6-3-1-2-9-5(8)4(3)7;;/h1-2H;;. The van der Waals surface area contributed by atoms with Gasteiger partial charge in [-0.3, -0.25) is 0 Å². The zero-order valence-electron chi connectivity index (χ0n) is 4.24. The Labute approximate surface area is 96.0 Å². The summed E-state index contributed by atoms with van der Waals surface area (Å²) in [6, 6.07) is 1.58. The van der Waals surface area contributed by atoms with Crippen LogP contribution in [0.4, 0.5) is 0 Å². The van der Waals surface area contributed by atoms with Crippen LogP contribution in [0.15, 0.2) is 12.3 Å². The Kier molecular flexibility index (Phi) is 5.30. The van der Waals surface area contributed by atoms with E-state index in [1.807, 2.05) is 0 Å². The maximum atomic E-state index is 5.56. The second-order valence-corrected chi connectivity index (χ2v) is 2.54. The van der Waals surface area contributed by atoms with E-state index < -0.39 is 0 Å². The summed E-state index contributed by atoms with van der Waals surface area (Å²) in [6.07, 6.45) is 1.50. The van der Waals surface area contributed by atoms with Crippen LogP contribution in [0.25, 0.3) is 0 Å². The molecule has 0 aromatic carbocycles. The zero-order valence-corrected chi connectivity index (χ0v) is 6.50. The van der Waals surface area contributed by atoms with Gasteiger partial charge in [0.1, 0.15) is 5.15 Å². The first-order chi connectivity index (χ1) is 4.22. The van der Waals surface area contributed by atoms with E-state index in [0.717, 1.165) is 0 Å². The van der Waals surface area contributed by atoms with Crippen molar-refractivity contribution in [1.82, 2.24) is 4.98 Å². The second-order valence-electron chi connectivity index (χ2n) is 1.40. The molecule has 0 aliphatic carbocycles. The quantitative estimate of drug-likeness (QED) is 0.469. The van der Waals surface area contributed by atoms with E-state index in [-0.39, 0.29) is 34.7 Å². The normalized spacial score (nSPS) is 8.70. The molecule has 0 aliphatic rings. The van der Waals surface area contributed by atoms with Gasteiger partial charge in [0.05, 0.1) is 10.0 Å². The SMILES string of the molecule is Clc1ccnc(Cl)c1Cl.[NaH]. The third-order valence-electron chi connectivity index (χ3n) is 0.800. The number of halogens is 3. The molecule has 50 valence electrons. The van der Waals surface area contributed by atoms with Crippen molar-refractivity contribution in [2.75, 3.05) is 0 Å². The molecule has 0 saturated carbocycles. The van der Waals surface area contributed by atoms with Gasteiger partial charge >= 0.3 is 29.6 Å². The molecule has 1 rings (SSSR count). The van der Waals surface area contributed by atoms with Crippen molar-refractivity contribution in [1.29, 1.82) is 0 Å². The number of rotatable bonds is 0. The van der Waals surface area contributed by atoms with Crippen LogP contribution >= 0.6 is 34.8 Å². The van der Waals surface area contributed by atoms with Crippen LogP contribution < -0.4 is 0 Å². The topological polar surface area (TPSA) is 12.9 Å². The molecule has 1 aromatic rings. The van der Waals surface area contributed by atoms with E-state index in [1.54, 1.807) is 6.07 Å².